The average molecular weight is 192 g/mol. The third kappa shape index (κ3) is 1.81. The van der Waals surface area contributed by atoms with Crippen LogP contribution < -0.4 is 0 Å². The first-order chi connectivity index (χ1) is 6.78. The number of aryl methyl sites for hydroxylation is 2. The summed E-state index contributed by atoms with van der Waals surface area (Å²) in [6.07, 6.45) is 2.69. The second-order valence-electron chi connectivity index (χ2n) is 3.11. The number of aromatic nitrogens is 4. The van der Waals surface area contributed by atoms with Crippen LogP contribution in [0.1, 0.15) is 24.3 Å². The molecule has 0 saturated carbocycles. The van der Waals surface area contributed by atoms with Gasteiger partial charge < -0.3 is 4.52 Å². The lowest BCUT2D eigenvalue weighted by Gasteiger charge is -1.93. The van der Waals surface area contributed by atoms with Gasteiger partial charge in [-0.05, 0) is 13.0 Å². The highest BCUT2D eigenvalue weighted by Gasteiger charge is 2.05. The van der Waals surface area contributed by atoms with Crippen LogP contribution in [0.25, 0.3) is 0 Å². The van der Waals surface area contributed by atoms with Gasteiger partial charge in [0.2, 0.25) is 5.89 Å². The fourth-order valence-corrected chi connectivity index (χ4v) is 1.19. The maximum absolute atomic E-state index is 5.05. The lowest BCUT2D eigenvalue weighted by molar-refractivity contribution is 0.361. The topological polar surface area (TPSA) is 56.7 Å². The van der Waals surface area contributed by atoms with E-state index >= 15 is 0 Å². The number of rotatable bonds is 3. The highest BCUT2D eigenvalue weighted by Crippen LogP contribution is 2.01. The second kappa shape index (κ2) is 3.61. The third-order valence-electron chi connectivity index (χ3n) is 1.90. The summed E-state index contributed by atoms with van der Waals surface area (Å²) in [7, 11) is 0. The van der Waals surface area contributed by atoms with Crippen molar-refractivity contribution in [3.63, 3.8) is 0 Å². The normalized spacial score (nSPS) is 10.7. The molecule has 0 aliphatic rings. The molecule has 5 nitrogen and oxygen atoms in total. The van der Waals surface area contributed by atoms with Crippen molar-refractivity contribution in [1.29, 1.82) is 0 Å². The van der Waals surface area contributed by atoms with Crippen LogP contribution in [0.5, 0.6) is 0 Å². The Hall–Kier alpha value is -1.65. The van der Waals surface area contributed by atoms with E-state index < -0.39 is 0 Å². The molecule has 0 N–H and O–H groups in total. The van der Waals surface area contributed by atoms with Crippen LogP contribution in [-0.4, -0.2) is 19.9 Å². The Labute approximate surface area is 81.7 Å². The van der Waals surface area contributed by atoms with Crippen LogP contribution in [0, 0.1) is 6.92 Å². The molecule has 0 aliphatic heterocycles. The number of hydrogen-bond donors (Lipinski definition) is 0. The molecule has 0 aliphatic carbocycles. The summed E-state index contributed by atoms with van der Waals surface area (Å²) in [6, 6.07) is 1.94. The molecule has 74 valence electrons. The van der Waals surface area contributed by atoms with E-state index in [1.165, 1.54) is 0 Å². The second-order valence-corrected chi connectivity index (χ2v) is 3.11. The van der Waals surface area contributed by atoms with Crippen molar-refractivity contribution in [2.75, 3.05) is 0 Å². The summed E-state index contributed by atoms with van der Waals surface area (Å²) in [6.45, 7) is 4.48. The Morgan fingerprint density at radius 1 is 1.50 bits per heavy atom. The van der Waals surface area contributed by atoms with Gasteiger partial charge in [-0.2, -0.15) is 10.1 Å². The molecule has 5 heteroatoms. The maximum atomic E-state index is 5.05. The van der Waals surface area contributed by atoms with E-state index in [4.69, 9.17) is 4.52 Å². The van der Waals surface area contributed by atoms with Crippen LogP contribution in [0.15, 0.2) is 16.8 Å². The molecule has 14 heavy (non-hydrogen) atoms. The predicted molar refractivity (Wildman–Crippen MR) is 49.7 cm³/mol. The zero-order valence-corrected chi connectivity index (χ0v) is 8.27. The molecule has 0 aromatic carbocycles. The van der Waals surface area contributed by atoms with Crippen LogP contribution in [0.2, 0.25) is 0 Å². The third-order valence-corrected chi connectivity index (χ3v) is 1.90. The molecule has 2 aromatic rings. The van der Waals surface area contributed by atoms with Gasteiger partial charge in [-0.3, -0.25) is 4.68 Å². The van der Waals surface area contributed by atoms with E-state index in [1.807, 2.05) is 26.1 Å². The van der Waals surface area contributed by atoms with Gasteiger partial charge in [0.1, 0.15) is 6.54 Å². The standard InChI is InChI=1S/C9H12N4O/c1-3-8-10-9(14-12-8)6-13-5-4-7(2)11-13/h4-5H,3,6H2,1-2H3. The summed E-state index contributed by atoms with van der Waals surface area (Å²) < 4.78 is 6.83. The highest BCUT2D eigenvalue weighted by atomic mass is 16.5. The molecule has 0 atom stereocenters. The first kappa shape index (κ1) is 8.93. The highest BCUT2D eigenvalue weighted by molar-refractivity contribution is 4.96. The van der Waals surface area contributed by atoms with Crippen molar-refractivity contribution in [1.82, 2.24) is 19.9 Å². The maximum Gasteiger partial charge on any atom is 0.248 e. The first-order valence-electron chi connectivity index (χ1n) is 4.59. The smallest absolute Gasteiger partial charge is 0.248 e. The fourth-order valence-electron chi connectivity index (χ4n) is 1.19. The van der Waals surface area contributed by atoms with E-state index in [9.17, 15) is 0 Å². The fraction of sp³-hybridized carbons (Fsp3) is 0.444. The molecule has 0 fully saturated rings. The van der Waals surface area contributed by atoms with Crippen molar-refractivity contribution < 1.29 is 4.52 Å². The van der Waals surface area contributed by atoms with Gasteiger partial charge in [-0.1, -0.05) is 12.1 Å². The molecule has 0 amide bonds. The van der Waals surface area contributed by atoms with Crippen molar-refractivity contribution in [2.45, 2.75) is 26.8 Å². The van der Waals surface area contributed by atoms with Crippen LogP contribution in [0.4, 0.5) is 0 Å². The minimum Gasteiger partial charge on any atom is -0.337 e. The molecule has 2 heterocycles. The Morgan fingerprint density at radius 3 is 2.93 bits per heavy atom. The van der Waals surface area contributed by atoms with E-state index in [1.54, 1.807) is 4.68 Å². The van der Waals surface area contributed by atoms with Crippen molar-refractivity contribution >= 4 is 0 Å². The summed E-state index contributed by atoms with van der Waals surface area (Å²) in [4.78, 5) is 4.19. The van der Waals surface area contributed by atoms with Gasteiger partial charge in [-0.25, -0.2) is 0 Å². The van der Waals surface area contributed by atoms with Gasteiger partial charge in [0.25, 0.3) is 0 Å². The largest absolute Gasteiger partial charge is 0.337 e. The Bertz CT molecular complexity index is 418. The van der Waals surface area contributed by atoms with E-state index in [0.717, 1.165) is 17.9 Å². The Kier molecular flexibility index (Phi) is 2.30. The molecule has 0 saturated heterocycles. The molecule has 0 unspecified atom stereocenters. The van der Waals surface area contributed by atoms with Crippen LogP contribution in [0.3, 0.4) is 0 Å². The van der Waals surface area contributed by atoms with E-state index in [2.05, 4.69) is 15.2 Å². The molecular weight excluding hydrogens is 180 g/mol. The first-order valence-corrected chi connectivity index (χ1v) is 4.59. The summed E-state index contributed by atoms with van der Waals surface area (Å²) in [5.41, 5.74) is 0.986. The molecule has 0 bridgehead atoms. The lowest BCUT2D eigenvalue weighted by Crippen LogP contribution is -2.00. The molecule has 2 rings (SSSR count). The van der Waals surface area contributed by atoms with Crippen molar-refractivity contribution in [3.8, 4) is 0 Å². The zero-order valence-electron chi connectivity index (χ0n) is 8.27. The zero-order chi connectivity index (χ0) is 9.97. The monoisotopic (exact) mass is 192 g/mol. The number of nitrogens with zero attached hydrogens (tertiary/aromatic N) is 4. The molecule has 0 spiro atoms. The van der Waals surface area contributed by atoms with Gasteiger partial charge in [0.15, 0.2) is 5.82 Å². The van der Waals surface area contributed by atoms with Gasteiger partial charge in [0, 0.05) is 12.6 Å². The van der Waals surface area contributed by atoms with Crippen LogP contribution >= 0.6 is 0 Å². The van der Waals surface area contributed by atoms with E-state index in [0.29, 0.717) is 12.4 Å². The van der Waals surface area contributed by atoms with Gasteiger partial charge in [0.05, 0.1) is 5.69 Å². The lowest BCUT2D eigenvalue weighted by atomic mass is 10.5. The van der Waals surface area contributed by atoms with Crippen molar-refractivity contribution in [2.24, 2.45) is 0 Å². The Balaban J connectivity index is 2.10. The molecule has 0 radical (unpaired) electrons. The summed E-state index contributed by atoms with van der Waals surface area (Å²) >= 11 is 0. The SMILES string of the molecule is CCc1noc(Cn2ccc(C)n2)n1. The number of hydrogen-bond acceptors (Lipinski definition) is 4. The molecule has 2 aromatic heterocycles. The average Bonchev–Trinajstić information content (AvgIpc) is 2.76. The minimum atomic E-state index is 0.543. The molecular formula is C9H12N4O. The van der Waals surface area contributed by atoms with Crippen LogP contribution in [-0.2, 0) is 13.0 Å². The van der Waals surface area contributed by atoms with Crippen molar-refractivity contribution in [3.05, 3.63) is 29.7 Å². The predicted octanol–water partition coefficient (Wildman–Crippen LogP) is 1.19. The quantitative estimate of drug-likeness (QED) is 0.732. The summed E-state index contributed by atoms with van der Waals surface area (Å²) in [5.74, 6) is 1.34. The van der Waals surface area contributed by atoms with E-state index in [-0.39, 0.29) is 0 Å². The summed E-state index contributed by atoms with van der Waals surface area (Å²) in [5, 5.41) is 8.04. The van der Waals surface area contributed by atoms with Gasteiger partial charge >= 0.3 is 0 Å². The minimum absolute atomic E-state index is 0.543. The van der Waals surface area contributed by atoms with Gasteiger partial charge in [-0.15, -0.1) is 0 Å². The Morgan fingerprint density at radius 2 is 2.36 bits per heavy atom.